The molecule has 4 heteroatoms. The third-order valence-corrected chi connectivity index (χ3v) is 4.16. The molecule has 0 saturated heterocycles. The molecular weight excluding hydrogens is 250 g/mol. The molecule has 1 heterocycles. The van der Waals surface area contributed by atoms with Crippen molar-refractivity contribution in [2.24, 2.45) is 0 Å². The monoisotopic (exact) mass is 275 g/mol. The number of pyridine rings is 1. The van der Waals surface area contributed by atoms with Gasteiger partial charge in [0.2, 0.25) is 0 Å². The van der Waals surface area contributed by atoms with E-state index >= 15 is 0 Å². The van der Waals surface area contributed by atoms with E-state index in [0.29, 0.717) is 11.6 Å². The minimum absolute atomic E-state index is 0.108. The van der Waals surface area contributed by atoms with E-state index in [1.807, 2.05) is 24.9 Å². The first-order chi connectivity index (χ1) is 9.67. The molecule has 0 unspecified atom stereocenters. The van der Waals surface area contributed by atoms with E-state index in [0.717, 1.165) is 30.8 Å². The van der Waals surface area contributed by atoms with Crippen LogP contribution in [0.5, 0.6) is 0 Å². The van der Waals surface area contributed by atoms with Crippen LogP contribution in [0.1, 0.15) is 55.1 Å². The number of carbonyl (C=O) groups excluding carboxylic acids is 1. The summed E-state index contributed by atoms with van der Waals surface area (Å²) in [4.78, 5) is 19.1. The summed E-state index contributed by atoms with van der Waals surface area (Å²) in [5.74, 6) is 0.108. The third-order valence-electron chi connectivity index (χ3n) is 4.16. The fourth-order valence-corrected chi connectivity index (χ4v) is 3.05. The van der Waals surface area contributed by atoms with Crippen molar-refractivity contribution in [3.63, 3.8) is 0 Å². The Balaban J connectivity index is 2.23. The maximum Gasteiger partial charge on any atom is 0.257 e. The molecule has 0 spiro atoms. The predicted molar refractivity (Wildman–Crippen MR) is 82.1 cm³/mol. The van der Waals surface area contributed by atoms with Crippen molar-refractivity contribution in [2.75, 3.05) is 18.9 Å². The number of amides is 1. The molecule has 0 aliphatic heterocycles. The normalized spacial score (nSPS) is 15.9. The van der Waals surface area contributed by atoms with Crippen molar-refractivity contribution < 1.29 is 4.79 Å². The molecule has 1 saturated carbocycles. The molecule has 1 N–H and O–H groups in total. The van der Waals surface area contributed by atoms with E-state index in [4.69, 9.17) is 0 Å². The van der Waals surface area contributed by atoms with Crippen LogP contribution in [0.25, 0.3) is 0 Å². The zero-order chi connectivity index (χ0) is 14.5. The highest BCUT2D eigenvalue weighted by Gasteiger charge is 2.26. The fraction of sp³-hybridized carbons (Fsp3) is 0.625. The molecule has 110 valence electrons. The summed E-state index contributed by atoms with van der Waals surface area (Å²) in [7, 11) is 1.85. The lowest BCUT2D eigenvalue weighted by Gasteiger charge is -2.34. The Bertz CT molecular complexity index is 467. The maximum absolute atomic E-state index is 12.8. The van der Waals surface area contributed by atoms with Crippen LogP contribution >= 0.6 is 0 Å². The first-order valence-electron chi connectivity index (χ1n) is 7.62. The van der Waals surface area contributed by atoms with Gasteiger partial charge in [0, 0.05) is 31.5 Å². The molecule has 4 nitrogen and oxygen atoms in total. The van der Waals surface area contributed by atoms with E-state index in [2.05, 4.69) is 17.2 Å². The van der Waals surface area contributed by atoms with Gasteiger partial charge >= 0.3 is 0 Å². The predicted octanol–water partition coefficient (Wildman–Crippen LogP) is 3.23. The lowest BCUT2D eigenvalue weighted by Crippen LogP contribution is -2.41. The van der Waals surface area contributed by atoms with Crippen molar-refractivity contribution >= 4 is 11.6 Å². The van der Waals surface area contributed by atoms with E-state index in [1.54, 1.807) is 6.20 Å². The van der Waals surface area contributed by atoms with Gasteiger partial charge in [-0.25, -0.2) is 0 Å². The number of aromatic nitrogens is 1. The molecule has 1 aliphatic rings. The van der Waals surface area contributed by atoms with Crippen molar-refractivity contribution in [2.45, 2.75) is 52.0 Å². The van der Waals surface area contributed by atoms with Gasteiger partial charge in [-0.3, -0.25) is 9.78 Å². The molecule has 1 fully saturated rings. The van der Waals surface area contributed by atoms with Gasteiger partial charge in [0.15, 0.2) is 0 Å². The molecule has 0 radical (unpaired) electrons. The molecule has 1 amide bonds. The molecule has 1 aromatic rings. The number of nitrogens with one attached hydrogen (secondary N) is 1. The second kappa shape index (κ2) is 6.73. The molecule has 1 aromatic heterocycles. The van der Waals surface area contributed by atoms with Crippen molar-refractivity contribution in [3.8, 4) is 0 Å². The summed E-state index contributed by atoms with van der Waals surface area (Å²) in [6, 6.07) is 2.33. The van der Waals surface area contributed by atoms with Gasteiger partial charge in [-0.05, 0) is 32.8 Å². The molecule has 1 aliphatic carbocycles. The summed E-state index contributed by atoms with van der Waals surface area (Å²) in [6.07, 6.45) is 7.74. The van der Waals surface area contributed by atoms with Gasteiger partial charge in [-0.15, -0.1) is 0 Å². The average Bonchev–Trinajstić information content (AvgIpc) is 2.48. The largest absolute Gasteiger partial charge is 0.387 e. The summed E-state index contributed by atoms with van der Waals surface area (Å²) in [6.45, 7) is 4.77. The first kappa shape index (κ1) is 14.8. The Morgan fingerprint density at radius 2 is 2.10 bits per heavy atom. The number of aryl methyl sites for hydroxylation is 1. The fourth-order valence-electron chi connectivity index (χ4n) is 3.05. The molecular formula is C16H25N3O. The summed E-state index contributed by atoms with van der Waals surface area (Å²) >= 11 is 0. The zero-order valence-corrected chi connectivity index (χ0v) is 12.8. The minimum Gasteiger partial charge on any atom is -0.387 e. The van der Waals surface area contributed by atoms with Crippen LogP contribution in [-0.2, 0) is 0 Å². The van der Waals surface area contributed by atoms with Crippen LogP contribution in [0.4, 0.5) is 5.69 Å². The van der Waals surface area contributed by atoms with Crippen LogP contribution < -0.4 is 5.32 Å². The van der Waals surface area contributed by atoms with Crippen molar-refractivity contribution in [1.82, 2.24) is 9.88 Å². The average molecular weight is 275 g/mol. The molecule has 0 atom stereocenters. The third kappa shape index (κ3) is 3.11. The highest BCUT2D eigenvalue weighted by Crippen LogP contribution is 2.25. The smallest absolute Gasteiger partial charge is 0.257 e. The Morgan fingerprint density at radius 3 is 2.70 bits per heavy atom. The molecule has 2 rings (SSSR count). The lowest BCUT2D eigenvalue weighted by molar-refractivity contribution is 0.0648. The van der Waals surface area contributed by atoms with Crippen LogP contribution in [0.15, 0.2) is 12.3 Å². The lowest BCUT2D eigenvalue weighted by atomic mass is 9.93. The van der Waals surface area contributed by atoms with E-state index in [-0.39, 0.29) is 5.91 Å². The van der Waals surface area contributed by atoms with Gasteiger partial charge in [-0.1, -0.05) is 19.3 Å². The highest BCUT2D eigenvalue weighted by atomic mass is 16.2. The van der Waals surface area contributed by atoms with Gasteiger partial charge in [0.05, 0.1) is 11.3 Å². The summed E-state index contributed by atoms with van der Waals surface area (Å²) < 4.78 is 0. The van der Waals surface area contributed by atoms with Crippen LogP contribution in [0, 0.1) is 6.92 Å². The van der Waals surface area contributed by atoms with Crippen molar-refractivity contribution in [3.05, 3.63) is 23.5 Å². The Hall–Kier alpha value is -1.58. The van der Waals surface area contributed by atoms with Crippen molar-refractivity contribution in [1.29, 1.82) is 0 Å². The van der Waals surface area contributed by atoms with E-state index in [9.17, 15) is 4.79 Å². The molecule has 0 bridgehead atoms. The summed E-state index contributed by atoms with van der Waals surface area (Å²) in [5.41, 5.74) is 2.48. The molecule has 0 aromatic carbocycles. The standard InChI is InChI=1S/C16H25N3O/c1-4-19(13-8-6-5-7-9-13)16(20)14-11-18-12(2)10-15(14)17-3/h10-11,13H,4-9H2,1-3H3,(H,17,18). The number of hydrogen-bond acceptors (Lipinski definition) is 3. The van der Waals surface area contributed by atoms with Gasteiger partial charge in [-0.2, -0.15) is 0 Å². The zero-order valence-electron chi connectivity index (χ0n) is 12.8. The highest BCUT2D eigenvalue weighted by molar-refractivity contribution is 5.99. The Kier molecular flexibility index (Phi) is 4.99. The SMILES string of the molecule is CCN(C(=O)c1cnc(C)cc1NC)C1CCCCC1. The second-order valence-corrected chi connectivity index (χ2v) is 5.50. The number of anilines is 1. The Morgan fingerprint density at radius 1 is 1.40 bits per heavy atom. The number of hydrogen-bond donors (Lipinski definition) is 1. The van der Waals surface area contributed by atoms with E-state index < -0.39 is 0 Å². The number of nitrogens with zero attached hydrogens (tertiary/aromatic N) is 2. The molecule has 20 heavy (non-hydrogen) atoms. The first-order valence-corrected chi connectivity index (χ1v) is 7.62. The number of rotatable bonds is 4. The van der Waals surface area contributed by atoms with E-state index in [1.165, 1.54) is 19.3 Å². The van der Waals surface area contributed by atoms with Gasteiger partial charge in [0.1, 0.15) is 0 Å². The number of carbonyl (C=O) groups is 1. The summed E-state index contributed by atoms with van der Waals surface area (Å²) in [5, 5.41) is 3.11. The Labute approximate surface area is 121 Å². The topological polar surface area (TPSA) is 45.2 Å². The van der Waals surface area contributed by atoms with Crippen LogP contribution in [0.3, 0.4) is 0 Å². The maximum atomic E-state index is 12.8. The quantitative estimate of drug-likeness (QED) is 0.917. The van der Waals surface area contributed by atoms with Gasteiger partial charge < -0.3 is 10.2 Å². The van der Waals surface area contributed by atoms with Crippen LogP contribution in [-0.4, -0.2) is 35.4 Å². The second-order valence-electron chi connectivity index (χ2n) is 5.50. The van der Waals surface area contributed by atoms with Crippen LogP contribution in [0.2, 0.25) is 0 Å². The van der Waals surface area contributed by atoms with Gasteiger partial charge in [0.25, 0.3) is 5.91 Å². The minimum atomic E-state index is 0.108.